The van der Waals surface area contributed by atoms with E-state index >= 15 is 0 Å². The Kier molecular flexibility index (Phi) is 6.69. The number of fused-ring (bicyclic) bond motifs is 4. The van der Waals surface area contributed by atoms with E-state index in [9.17, 15) is 4.79 Å². The van der Waals surface area contributed by atoms with E-state index in [1.165, 1.54) is 16.3 Å². The van der Waals surface area contributed by atoms with Crippen molar-refractivity contribution in [1.82, 2.24) is 19.9 Å². The Labute approximate surface area is 250 Å². The number of aliphatic imine (C=N–C) groups is 1. The normalized spacial score (nSPS) is 17.2. The van der Waals surface area contributed by atoms with Gasteiger partial charge in [0.1, 0.15) is 23.5 Å². The molecular formula is C34H36N6O3. The zero-order valence-electron chi connectivity index (χ0n) is 25.2. The molecule has 9 nitrogen and oxygen atoms in total. The van der Waals surface area contributed by atoms with Gasteiger partial charge in [-0.2, -0.15) is 0 Å². The van der Waals surface area contributed by atoms with E-state index in [2.05, 4.69) is 75.8 Å². The Morgan fingerprint density at radius 3 is 2.47 bits per heavy atom. The number of anilines is 1. The molecule has 1 atom stereocenters. The molecule has 2 aliphatic heterocycles. The summed E-state index contributed by atoms with van der Waals surface area (Å²) in [4.78, 5) is 25.0. The molecule has 0 spiro atoms. The molecule has 0 saturated carbocycles. The Morgan fingerprint density at radius 1 is 1.00 bits per heavy atom. The molecule has 3 aromatic carbocycles. The second kappa shape index (κ2) is 10.6. The number of nitrogens with zero attached hydrogens (tertiary/aromatic N) is 4. The molecule has 220 valence electrons. The van der Waals surface area contributed by atoms with Gasteiger partial charge in [0.15, 0.2) is 0 Å². The predicted octanol–water partition coefficient (Wildman–Crippen LogP) is 5.87. The number of benzene rings is 3. The minimum absolute atomic E-state index is 0.101. The van der Waals surface area contributed by atoms with Crippen molar-refractivity contribution in [3.63, 3.8) is 0 Å². The molecule has 5 aromatic rings. The third-order valence-electron chi connectivity index (χ3n) is 8.82. The van der Waals surface area contributed by atoms with E-state index in [0.717, 1.165) is 94.6 Å². The Hall–Kier alpha value is -4.63. The summed E-state index contributed by atoms with van der Waals surface area (Å²) in [5.74, 6) is 2.61. The fraction of sp³-hybridized carbons (Fsp3) is 0.324. The smallest absolute Gasteiger partial charge is 0.219 e. The number of hydrogen-bond acceptors (Lipinski definition) is 7. The molecule has 1 saturated heterocycles. The molecule has 1 unspecified atom stereocenters. The number of rotatable bonds is 5. The highest BCUT2D eigenvalue weighted by atomic mass is 16.5. The standard InChI is InChI=1S/C34H36N6O3/c1-19-31(20(2)43-38-19)28-16-29-27(17-30(28)42-5)32-33(35-21(3)36-34(32)37-29)26-11-10-23(24-8-6-7-9-25(24)26)18-39-12-14-40(15-13-39)22(4)41/h6-11,16-17,21,36-37H,12-15,18H2,1-5H3. The number of carbonyl (C=O) groups is 1. The highest BCUT2D eigenvalue weighted by molar-refractivity contribution is 6.27. The van der Waals surface area contributed by atoms with Crippen LogP contribution in [0.2, 0.25) is 0 Å². The average molecular weight is 577 g/mol. The molecule has 0 bridgehead atoms. The van der Waals surface area contributed by atoms with Crippen LogP contribution in [0.4, 0.5) is 5.82 Å². The minimum atomic E-state index is -0.101. The van der Waals surface area contributed by atoms with Gasteiger partial charge >= 0.3 is 0 Å². The number of piperazine rings is 1. The highest BCUT2D eigenvalue weighted by Gasteiger charge is 2.28. The third kappa shape index (κ3) is 4.64. The van der Waals surface area contributed by atoms with E-state index < -0.39 is 0 Å². The number of nitrogens with one attached hydrogen (secondary N) is 2. The fourth-order valence-corrected chi connectivity index (χ4v) is 6.68. The average Bonchev–Trinajstić information content (AvgIpc) is 3.53. The van der Waals surface area contributed by atoms with Crippen molar-refractivity contribution in [3.05, 3.63) is 76.7 Å². The summed E-state index contributed by atoms with van der Waals surface area (Å²) in [6.45, 7) is 11.7. The first-order valence-electron chi connectivity index (χ1n) is 14.8. The number of aromatic nitrogens is 2. The van der Waals surface area contributed by atoms with Crippen molar-refractivity contribution < 1.29 is 14.1 Å². The molecule has 2 N–H and O–H groups in total. The molecule has 0 radical (unpaired) electrons. The van der Waals surface area contributed by atoms with Crippen molar-refractivity contribution in [2.45, 2.75) is 40.4 Å². The highest BCUT2D eigenvalue weighted by Crippen LogP contribution is 2.42. The van der Waals surface area contributed by atoms with Gasteiger partial charge in [0.2, 0.25) is 5.91 Å². The Morgan fingerprint density at radius 2 is 1.77 bits per heavy atom. The number of H-pyrrole nitrogens is 1. The zero-order chi connectivity index (χ0) is 29.8. The maximum Gasteiger partial charge on any atom is 0.219 e. The summed E-state index contributed by atoms with van der Waals surface area (Å²) in [5, 5.41) is 11.1. The van der Waals surface area contributed by atoms with Crippen molar-refractivity contribution >= 4 is 39.1 Å². The van der Waals surface area contributed by atoms with Gasteiger partial charge in [0.05, 0.1) is 29.6 Å². The lowest BCUT2D eigenvalue weighted by atomic mass is 9.91. The van der Waals surface area contributed by atoms with Gasteiger partial charge in [-0.05, 0) is 49.2 Å². The van der Waals surface area contributed by atoms with Gasteiger partial charge in [-0.1, -0.05) is 41.6 Å². The van der Waals surface area contributed by atoms with Gasteiger partial charge < -0.3 is 24.5 Å². The maximum atomic E-state index is 11.8. The first-order valence-corrected chi connectivity index (χ1v) is 14.8. The SMILES string of the molecule is COc1cc2c3c([nH]c2cc1-c1c(C)noc1C)NC(C)N=C3c1ccc(CN2CCN(C(C)=O)CC2)c2ccccc12. The summed E-state index contributed by atoms with van der Waals surface area (Å²) in [6.07, 6.45) is -0.101. The summed E-state index contributed by atoms with van der Waals surface area (Å²) in [7, 11) is 1.70. The van der Waals surface area contributed by atoms with Gasteiger partial charge in [0, 0.05) is 61.7 Å². The lowest BCUT2D eigenvalue weighted by Crippen LogP contribution is -2.47. The van der Waals surface area contributed by atoms with Crippen LogP contribution in [0.5, 0.6) is 5.75 Å². The molecular weight excluding hydrogens is 540 g/mol. The van der Waals surface area contributed by atoms with Gasteiger partial charge in [0.25, 0.3) is 0 Å². The van der Waals surface area contributed by atoms with Crippen LogP contribution in [-0.4, -0.2) is 71.0 Å². The number of ether oxygens (including phenoxy) is 1. The van der Waals surface area contributed by atoms with Crippen LogP contribution in [-0.2, 0) is 11.3 Å². The first kappa shape index (κ1) is 27.2. The van der Waals surface area contributed by atoms with Gasteiger partial charge in [-0.3, -0.25) is 14.7 Å². The zero-order valence-corrected chi connectivity index (χ0v) is 25.2. The molecule has 43 heavy (non-hydrogen) atoms. The second-order valence-corrected chi connectivity index (χ2v) is 11.6. The van der Waals surface area contributed by atoms with E-state index in [4.69, 9.17) is 14.3 Å². The molecule has 9 heteroatoms. The predicted molar refractivity (Wildman–Crippen MR) is 170 cm³/mol. The lowest BCUT2D eigenvalue weighted by Gasteiger charge is -2.34. The Balaban J connectivity index is 1.32. The second-order valence-electron chi connectivity index (χ2n) is 11.6. The van der Waals surface area contributed by atoms with Crippen molar-refractivity contribution in [2.24, 2.45) is 4.99 Å². The van der Waals surface area contributed by atoms with E-state index in [1.54, 1.807) is 14.0 Å². The van der Waals surface area contributed by atoms with Crippen LogP contribution < -0.4 is 10.1 Å². The number of hydrogen-bond donors (Lipinski definition) is 2. The van der Waals surface area contributed by atoms with E-state index in [-0.39, 0.29) is 12.1 Å². The minimum Gasteiger partial charge on any atom is -0.496 e. The number of aryl methyl sites for hydroxylation is 2. The molecule has 1 amide bonds. The largest absolute Gasteiger partial charge is 0.496 e. The van der Waals surface area contributed by atoms with Crippen molar-refractivity contribution in [1.29, 1.82) is 0 Å². The summed E-state index contributed by atoms with van der Waals surface area (Å²) >= 11 is 0. The van der Waals surface area contributed by atoms with Crippen LogP contribution >= 0.6 is 0 Å². The summed E-state index contributed by atoms with van der Waals surface area (Å²) in [5.41, 5.74) is 8.08. The molecule has 4 heterocycles. The topological polar surface area (TPSA) is 99.0 Å². The van der Waals surface area contributed by atoms with Gasteiger partial charge in [-0.25, -0.2) is 0 Å². The maximum absolute atomic E-state index is 11.8. The summed E-state index contributed by atoms with van der Waals surface area (Å²) in [6, 6.07) is 17.3. The molecule has 2 aliphatic rings. The van der Waals surface area contributed by atoms with Crippen molar-refractivity contribution in [2.75, 3.05) is 38.6 Å². The van der Waals surface area contributed by atoms with Crippen LogP contribution in [0.15, 0.2) is 58.0 Å². The lowest BCUT2D eigenvalue weighted by molar-refractivity contribution is -0.130. The van der Waals surface area contributed by atoms with Crippen LogP contribution in [0.3, 0.4) is 0 Å². The van der Waals surface area contributed by atoms with Crippen LogP contribution in [0, 0.1) is 13.8 Å². The number of carbonyl (C=O) groups excluding carboxylic acids is 1. The third-order valence-corrected chi connectivity index (χ3v) is 8.82. The van der Waals surface area contributed by atoms with E-state index in [0.29, 0.717) is 0 Å². The molecule has 7 rings (SSSR count). The number of amides is 1. The fourth-order valence-electron chi connectivity index (χ4n) is 6.68. The van der Waals surface area contributed by atoms with E-state index in [1.807, 2.05) is 18.7 Å². The van der Waals surface area contributed by atoms with Crippen LogP contribution in [0.1, 0.15) is 42.0 Å². The molecule has 1 fully saturated rings. The quantitative estimate of drug-likeness (QED) is 0.271. The first-order chi connectivity index (χ1) is 20.8. The number of aromatic amines is 1. The summed E-state index contributed by atoms with van der Waals surface area (Å²) < 4.78 is 11.4. The Bertz CT molecular complexity index is 1890. The monoisotopic (exact) mass is 576 g/mol. The number of methoxy groups -OCH3 is 1. The van der Waals surface area contributed by atoms with Crippen molar-refractivity contribution in [3.8, 4) is 16.9 Å². The van der Waals surface area contributed by atoms with Gasteiger partial charge in [-0.15, -0.1) is 0 Å². The molecule has 0 aliphatic carbocycles. The van der Waals surface area contributed by atoms with Crippen LogP contribution in [0.25, 0.3) is 32.8 Å². The molecule has 2 aromatic heterocycles.